The van der Waals surface area contributed by atoms with E-state index in [2.05, 4.69) is 0 Å². The molecule has 0 nitrogen and oxygen atoms in total. The van der Waals surface area contributed by atoms with Crippen molar-refractivity contribution in [1.82, 2.24) is 0 Å². The Morgan fingerprint density at radius 1 is 0.526 bits per heavy atom. The molecular weight excluding hydrogens is 475 g/mol. The third-order valence-corrected chi connectivity index (χ3v) is 11.1. The minimum atomic E-state index is 0. The second-order valence-corrected chi connectivity index (χ2v) is 12.6. The fraction of sp³-hybridized carbons (Fsp3) is 0.500. The molecule has 114 valence electrons. The summed E-state index contributed by atoms with van der Waals surface area (Å²) in [6.07, 6.45) is 0. The van der Waals surface area contributed by atoms with Gasteiger partial charge in [0.1, 0.15) is 0 Å². The fourth-order valence-corrected chi connectivity index (χ4v) is 9.12. The van der Waals surface area contributed by atoms with Gasteiger partial charge >= 0.3 is 0 Å². The second-order valence-electron chi connectivity index (χ2n) is 2.61. The quantitative estimate of drug-likeness (QED) is 0.351. The van der Waals surface area contributed by atoms with Gasteiger partial charge in [-0.25, -0.2) is 0 Å². The predicted octanol–water partition coefficient (Wildman–Crippen LogP) is 4.67. The van der Waals surface area contributed by atoms with Gasteiger partial charge in [-0.05, 0) is 0 Å². The molecule has 19 heavy (non-hydrogen) atoms. The SMILES string of the molecule is [Ni].[S-]C1=C([S-])SCSCS1.[S-]C1=C([S-])SCSCS1. The van der Waals surface area contributed by atoms with Crippen LogP contribution in [-0.2, 0) is 67.0 Å². The number of thioether (sulfide) groups is 6. The molecule has 0 bridgehead atoms. The average molecular weight is 484 g/mol. The zero-order valence-electron chi connectivity index (χ0n) is 9.23. The fourth-order valence-electron chi connectivity index (χ4n) is 0.684. The van der Waals surface area contributed by atoms with Gasteiger partial charge < -0.3 is 50.5 Å². The van der Waals surface area contributed by atoms with E-state index in [1.54, 1.807) is 47.0 Å². The molecule has 0 unspecified atom stereocenters. The summed E-state index contributed by atoms with van der Waals surface area (Å²) in [7, 11) is 0. The minimum absolute atomic E-state index is 0. The van der Waals surface area contributed by atoms with E-state index in [0.717, 1.165) is 37.3 Å². The van der Waals surface area contributed by atoms with Gasteiger partial charge in [-0.3, -0.25) is 0 Å². The zero-order chi connectivity index (χ0) is 13.4. The van der Waals surface area contributed by atoms with Crippen molar-refractivity contribution in [1.29, 1.82) is 0 Å². The Labute approximate surface area is 172 Å². The molecule has 2 aliphatic heterocycles. The van der Waals surface area contributed by atoms with Crippen LogP contribution in [0.1, 0.15) is 0 Å². The predicted molar refractivity (Wildman–Crippen MR) is 109 cm³/mol. The number of rotatable bonds is 0. The van der Waals surface area contributed by atoms with Gasteiger partial charge in [-0.15, -0.1) is 70.6 Å². The van der Waals surface area contributed by atoms with Crippen molar-refractivity contribution in [3.05, 3.63) is 16.9 Å². The molecule has 0 saturated heterocycles. The second kappa shape index (κ2) is 13.4. The molecule has 0 atom stereocenters. The van der Waals surface area contributed by atoms with Crippen LogP contribution in [0.25, 0.3) is 0 Å². The van der Waals surface area contributed by atoms with Crippen molar-refractivity contribution in [2.45, 2.75) is 0 Å². The largest absolute Gasteiger partial charge is 0.774 e. The zero-order valence-corrected chi connectivity index (χ0v) is 18.4. The Balaban J connectivity index is 0.000000324. The smallest absolute Gasteiger partial charge is 0.0426 e. The van der Waals surface area contributed by atoms with Gasteiger partial charge in [0.15, 0.2) is 0 Å². The summed E-state index contributed by atoms with van der Waals surface area (Å²) >= 11 is 30.5. The van der Waals surface area contributed by atoms with E-state index in [4.69, 9.17) is 50.5 Å². The summed E-state index contributed by atoms with van der Waals surface area (Å²) in [5, 5.41) is 4.25. The first kappa shape index (κ1) is 22.0. The molecule has 0 aromatic carbocycles. The maximum atomic E-state index is 5.00. The summed E-state index contributed by atoms with van der Waals surface area (Å²) < 4.78 is 3.61. The molecule has 0 saturated carbocycles. The van der Waals surface area contributed by atoms with Crippen molar-refractivity contribution in [3.8, 4) is 0 Å². The molecule has 0 radical (unpaired) electrons. The molecule has 0 aromatic rings. The summed E-state index contributed by atoms with van der Waals surface area (Å²) in [6, 6.07) is 0. The third kappa shape index (κ3) is 10.4. The van der Waals surface area contributed by atoms with Crippen molar-refractivity contribution >= 4 is 121 Å². The Kier molecular flexibility index (Phi) is 15.5. The van der Waals surface area contributed by atoms with Crippen LogP contribution < -0.4 is 0 Å². The average Bonchev–Trinajstić information content (AvgIpc) is 2.65. The van der Waals surface area contributed by atoms with Crippen LogP contribution in [0.15, 0.2) is 16.9 Å². The van der Waals surface area contributed by atoms with Gasteiger partial charge in [0.2, 0.25) is 0 Å². The summed E-state index contributed by atoms with van der Waals surface area (Å²) in [5.41, 5.74) is 0. The standard InChI is InChI=1S/2C4H6S5.Ni/c2*5-3-4(6)9-2-7-1-8-3;/h2*5-6H,1-2H2;/p-4. The molecule has 0 N–H and O–H groups in total. The van der Waals surface area contributed by atoms with E-state index in [1.807, 2.05) is 23.5 Å². The molecule has 2 rings (SSSR count). The van der Waals surface area contributed by atoms with Crippen LogP contribution in [0, 0.1) is 0 Å². The summed E-state index contributed by atoms with van der Waals surface area (Å²) in [4.78, 5) is 0. The van der Waals surface area contributed by atoms with Crippen LogP contribution in [0.5, 0.6) is 0 Å². The van der Waals surface area contributed by atoms with E-state index >= 15 is 0 Å². The normalized spacial score (nSPS) is 20.6. The minimum Gasteiger partial charge on any atom is -0.774 e. The van der Waals surface area contributed by atoms with Gasteiger partial charge in [0, 0.05) is 36.8 Å². The van der Waals surface area contributed by atoms with E-state index in [-0.39, 0.29) is 16.5 Å². The monoisotopic (exact) mass is 482 g/mol. The van der Waals surface area contributed by atoms with Gasteiger partial charge in [0.05, 0.1) is 0 Å². The maximum Gasteiger partial charge on any atom is 0.0426 e. The maximum absolute atomic E-state index is 5.00. The topological polar surface area (TPSA) is 0 Å². The Morgan fingerprint density at radius 3 is 0.947 bits per heavy atom. The van der Waals surface area contributed by atoms with Crippen LogP contribution in [0.2, 0.25) is 0 Å². The Bertz CT molecular complexity index is 267. The molecule has 0 spiro atoms. The Morgan fingerprint density at radius 2 is 0.737 bits per heavy atom. The van der Waals surface area contributed by atoms with Crippen LogP contribution in [0.3, 0.4) is 0 Å². The van der Waals surface area contributed by atoms with Crippen molar-refractivity contribution in [3.63, 3.8) is 0 Å². The molecule has 0 amide bonds. The van der Waals surface area contributed by atoms with Crippen molar-refractivity contribution < 1.29 is 16.5 Å². The van der Waals surface area contributed by atoms with Crippen LogP contribution >= 0.6 is 70.6 Å². The summed E-state index contributed by atoms with van der Waals surface area (Å²) in [6.45, 7) is 0. The van der Waals surface area contributed by atoms with Gasteiger partial charge in [-0.1, -0.05) is 0 Å². The molecule has 0 aliphatic carbocycles. The van der Waals surface area contributed by atoms with Gasteiger partial charge in [0.25, 0.3) is 0 Å². The summed E-state index contributed by atoms with van der Waals surface area (Å²) in [5.74, 6) is 0. The van der Waals surface area contributed by atoms with E-state index in [0.29, 0.717) is 0 Å². The van der Waals surface area contributed by atoms with Crippen LogP contribution in [0.4, 0.5) is 0 Å². The van der Waals surface area contributed by atoms with E-state index in [9.17, 15) is 0 Å². The molecule has 2 heterocycles. The van der Waals surface area contributed by atoms with Crippen molar-refractivity contribution in [2.24, 2.45) is 0 Å². The molecule has 0 fully saturated rings. The van der Waals surface area contributed by atoms with Gasteiger partial charge in [-0.2, -0.15) is 16.9 Å². The third-order valence-electron chi connectivity index (χ3n) is 1.43. The molecule has 2 aliphatic rings. The first-order valence-corrected chi connectivity index (χ1v) is 12.3. The molecule has 0 aromatic heterocycles. The first-order chi connectivity index (χ1) is 8.61. The van der Waals surface area contributed by atoms with E-state index < -0.39 is 0 Å². The molecular formula is C8H8NiS10-4. The Hall–Kier alpha value is 2.95. The van der Waals surface area contributed by atoms with Crippen LogP contribution in [-0.4, -0.2) is 20.3 Å². The number of hydrogen-bond acceptors (Lipinski definition) is 10. The van der Waals surface area contributed by atoms with Crippen molar-refractivity contribution in [2.75, 3.05) is 20.3 Å². The first-order valence-electron chi connectivity index (χ1n) is 4.44. The number of hydrogen-bond donors (Lipinski definition) is 0. The van der Waals surface area contributed by atoms with E-state index in [1.165, 1.54) is 0 Å². The molecule has 11 heteroatoms.